The highest BCUT2D eigenvalue weighted by Gasteiger charge is 2.53. The number of Topliss-reactive ketones (excluding diaryl/α,β-unsaturated/α-hetero) is 1. The van der Waals surface area contributed by atoms with Gasteiger partial charge in [-0.15, -0.1) is 0 Å². The number of carbonyl (C=O) groups is 3. The Kier molecular flexibility index (Phi) is 4.91. The van der Waals surface area contributed by atoms with Gasteiger partial charge < -0.3 is 14.4 Å². The minimum atomic E-state index is -3.80. The van der Waals surface area contributed by atoms with Gasteiger partial charge in [-0.2, -0.15) is 8.78 Å². The van der Waals surface area contributed by atoms with Crippen LogP contribution in [0, 0.1) is 5.92 Å². The minimum Gasteiger partial charge on any atom is -0.465 e. The molecule has 0 saturated carbocycles. The van der Waals surface area contributed by atoms with E-state index < -0.39 is 48.4 Å². The van der Waals surface area contributed by atoms with E-state index in [1.807, 2.05) is 0 Å². The van der Waals surface area contributed by atoms with E-state index in [0.29, 0.717) is 4.90 Å². The van der Waals surface area contributed by atoms with Gasteiger partial charge in [0.1, 0.15) is 11.5 Å². The number of rotatable bonds is 2. The third-order valence-corrected chi connectivity index (χ3v) is 2.69. The lowest BCUT2D eigenvalue weighted by Crippen LogP contribution is -2.58. The predicted molar refractivity (Wildman–Crippen MR) is 67.9 cm³/mol. The maximum atomic E-state index is 13.7. The standard InChI is InChI=1S/C13H19F2NO5/c1-5-20-10(18)8-6-16(7-13(14,15)9(8)17)11(19)21-12(2,3)4/h8H,5-7H2,1-4H3. The number of halogens is 2. The summed E-state index contributed by atoms with van der Waals surface area (Å²) in [5.74, 6) is -8.08. The maximum Gasteiger partial charge on any atom is 0.410 e. The molecule has 0 aliphatic carbocycles. The number of amides is 1. The van der Waals surface area contributed by atoms with Crippen LogP contribution in [-0.2, 0) is 19.1 Å². The van der Waals surface area contributed by atoms with Gasteiger partial charge in [0.25, 0.3) is 0 Å². The molecule has 1 rings (SSSR count). The molecule has 1 fully saturated rings. The van der Waals surface area contributed by atoms with Crippen molar-refractivity contribution in [3.05, 3.63) is 0 Å². The highest BCUT2D eigenvalue weighted by atomic mass is 19.3. The SMILES string of the molecule is CCOC(=O)C1CN(C(=O)OC(C)(C)C)CC(F)(F)C1=O. The van der Waals surface area contributed by atoms with Crippen molar-refractivity contribution in [1.82, 2.24) is 4.90 Å². The van der Waals surface area contributed by atoms with Gasteiger partial charge in [0, 0.05) is 6.54 Å². The highest BCUT2D eigenvalue weighted by molar-refractivity contribution is 6.04. The summed E-state index contributed by atoms with van der Waals surface area (Å²) in [6, 6.07) is 0. The Morgan fingerprint density at radius 2 is 1.95 bits per heavy atom. The Hall–Kier alpha value is -1.73. The topological polar surface area (TPSA) is 72.9 Å². The summed E-state index contributed by atoms with van der Waals surface area (Å²) in [4.78, 5) is 35.7. The first-order valence-electron chi connectivity index (χ1n) is 6.54. The van der Waals surface area contributed by atoms with E-state index >= 15 is 0 Å². The fourth-order valence-electron chi connectivity index (χ4n) is 1.83. The average molecular weight is 307 g/mol. The zero-order valence-electron chi connectivity index (χ0n) is 12.4. The quantitative estimate of drug-likeness (QED) is 0.572. The van der Waals surface area contributed by atoms with Gasteiger partial charge in [-0.05, 0) is 27.7 Å². The Morgan fingerprint density at radius 3 is 2.43 bits per heavy atom. The molecule has 1 atom stereocenters. The predicted octanol–water partition coefficient (Wildman–Crippen LogP) is 1.62. The van der Waals surface area contributed by atoms with E-state index in [4.69, 9.17) is 4.74 Å². The van der Waals surface area contributed by atoms with Crippen LogP contribution in [0.2, 0.25) is 0 Å². The van der Waals surface area contributed by atoms with Gasteiger partial charge in [0.05, 0.1) is 13.2 Å². The van der Waals surface area contributed by atoms with Crippen molar-refractivity contribution < 1.29 is 32.6 Å². The minimum absolute atomic E-state index is 0.0410. The van der Waals surface area contributed by atoms with Gasteiger partial charge in [-0.25, -0.2) is 4.79 Å². The summed E-state index contributed by atoms with van der Waals surface area (Å²) >= 11 is 0. The van der Waals surface area contributed by atoms with Gasteiger partial charge >= 0.3 is 18.0 Å². The number of esters is 1. The molecule has 0 spiro atoms. The van der Waals surface area contributed by atoms with Gasteiger partial charge in [-0.1, -0.05) is 0 Å². The summed E-state index contributed by atoms with van der Waals surface area (Å²) in [7, 11) is 0. The van der Waals surface area contributed by atoms with E-state index in [0.717, 1.165) is 0 Å². The summed E-state index contributed by atoms with van der Waals surface area (Å²) in [5.41, 5.74) is -0.868. The molecule has 6 nitrogen and oxygen atoms in total. The number of likely N-dealkylation sites (tertiary alicyclic amines) is 1. The van der Waals surface area contributed by atoms with E-state index in [9.17, 15) is 23.2 Å². The molecule has 1 amide bonds. The smallest absolute Gasteiger partial charge is 0.410 e. The van der Waals surface area contributed by atoms with Crippen molar-refractivity contribution in [2.24, 2.45) is 5.92 Å². The second-order valence-electron chi connectivity index (χ2n) is 5.73. The molecule has 1 heterocycles. The Balaban J connectivity index is 2.92. The number of hydrogen-bond donors (Lipinski definition) is 0. The molecule has 120 valence electrons. The lowest BCUT2D eigenvalue weighted by molar-refractivity contribution is -0.169. The van der Waals surface area contributed by atoms with Crippen molar-refractivity contribution in [2.45, 2.75) is 39.2 Å². The number of ketones is 1. The number of nitrogens with zero attached hydrogens (tertiary/aromatic N) is 1. The molecule has 21 heavy (non-hydrogen) atoms. The molecule has 8 heteroatoms. The fourth-order valence-corrected chi connectivity index (χ4v) is 1.83. The third-order valence-electron chi connectivity index (χ3n) is 2.69. The van der Waals surface area contributed by atoms with Crippen LogP contribution in [0.3, 0.4) is 0 Å². The summed E-state index contributed by atoms with van der Waals surface area (Å²) in [5, 5.41) is 0. The first kappa shape index (κ1) is 17.3. The summed E-state index contributed by atoms with van der Waals surface area (Å²) in [6.07, 6.45) is -0.996. The number of hydrogen-bond acceptors (Lipinski definition) is 5. The largest absolute Gasteiger partial charge is 0.465 e. The summed E-state index contributed by atoms with van der Waals surface area (Å²) in [6.45, 7) is 4.64. The second kappa shape index (κ2) is 5.95. The molecule has 0 radical (unpaired) electrons. The fraction of sp³-hybridized carbons (Fsp3) is 0.769. The number of ether oxygens (including phenoxy) is 2. The van der Waals surface area contributed by atoms with Crippen molar-refractivity contribution in [1.29, 1.82) is 0 Å². The Labute approximate surface area is 121 Å². The molecule has 0 N–H and O–H groups in total. The Morgan fingerprint density at radius 1 is 1.38 bits per heavy atom. The average Bonchev–Trinajstić information content (AvgIpc) is 2.30. The number of piperidine rings is 1. The van der Waals surface area contributed by atoms with Crippen molar-refractivity contribution in [3.8, 4) is 0 Å². The molecule has 1 aliphatic heterocycles. The van der Waals surface area contributed by atoms with Crippen LogP contribution in [0.1, 0.15) is 27.7 Å². The van der Waals surface area contributed by atoms with Crippen LogP contribution < -0.4 is 0 Å². The zero-order valence-corrected chi connectivity index (χ0v) is 12.4. The molecule has 1 unspecified atom stereocenters. The first-order valence-corrected chi connectivity index (χ1v) is 6.54. The van der Waals surface area contributed by atoms with E-state index in [1.54, 1.807) is 20.8 Å². The van der Waals surface area contributed by atoms with Gasteiger partial charge in [0.15, 0.2) is 0 Å². The van der Waals surface area contributed by atoms with E-state index in [1.165, 1.54) is 6.92 Å². The number of alkyl halides is 2. The molecule has 0 aromatic heterocycles. The second-order valence-corrected chi connectivity index (χ2v) is 5.73. The van der Waals surface area contributed by atoms with Crippen LogP contribution in [0.4, 0.5) is 13.6 Å². The van der Waals surface area contributed by atoms with Gasteiger partial charge in [0.2, 0.25) is 5.78 Å². The molecule has 0 bridgehead atoms. The van der Waals surface area contributed by atoms with Crippen LogP contribution in [0.15, 0.2) is 0 Å². The number of carbonyl (C=O) groups excluding carboxylic acids is 3. The normalized spacial score (nSPS) is 21.9. The molecule has 0 aromatic carbocycles. The maximum absolute atomic E-state index is 13.7. The lowest BCUT2D eigenvalue weighted by atomic mass is 9.94. The molecule has 0 aromatic rings. The third kappa shape index (κ3) is 4.37. The first-order chi connectivity index (χ1) is 9.48. The molecule has 1 saturated heterocycles. The monoisotopic (exact) mass is 307 g/mol. The molecular formula is C13H19F2NO5. The van der Waals surface area contributed by atoms with Crippen LogP contribution in [-0.4, -0.2) is 54.0 Å². The van der Waals surface area contributed by atoms with E-state index in [2.05, 4.69) is 4.74 Å². The van der Waals surface area contributed by atoms with Crippen LogP contribution in [0.25, 0.3) is 0 Å². The lowest BCUT2D eigenvalue weighted by Gasteiger charge is -2.36. The molecule has 1 aliphatic rings. The highest BCUT2D eigenvalue weighted by Crippen LogP contribution is 2.29. The zero-order chi connectivity index (χ0) is 16.4. The van der Waals surface area contributed by atoms with Crippen molar-refractivity contribution >= 4 is 17.8 Å². The Bertz CT molecular complexity index is 444. The van der Waals surface area contributed by atoms with E-state index in [-0.39, 0.29) is 6.61 Å². The molecular weight excluding hydrogens is 288 g/mol. The van der Waals surface area contributed by atoms with Gasteiger partial charge in [-0.3, -0.25) is 9.59 Å². The van der Waals surface area contributed by atoms with Crippen molar-refractivity contribution in [3.63, 3.8) is 0 Å². The van der Waals surface area contributed by atoms with Crippen LogP contribution >= 0.6 is 0 Å². The summed E-state index contributed by atoms with van der Waals surface area (Å²) < 4.78 is 37.0. The van der Waals surface area contributed by atoms with Crippen LogP contribution in [0.5, 0.6) is 0 Å². The van der Waals surface area contributed by atoms with Crippen molar-refractivity contribution in [2.75, 3.05) is 19.7 Å².